The average molecular weight is 226 g/mol. The van der Waals surface area contributed by atoms with E-state index in [-0.39, 0.29) is 6.04 Å². The van der Waals surface area contributed by atoms with Crippen LogP contribution < -0.4 is 5.73 Å². The Bertz CT molecular complexity index is 368. The summed E-state index contributed by atoms with van der Waals surface area (Å²) < 4.78 is 26.4. The Morgan fingerprint density at radius 1 is 1.38 bits per heavy atom. The SMILES string of the molecule is N[C@@H]1CCCN(Cc2cccc(F)c2F)C1. The van der Waals surface area contributed by atoms with Gasteiger partial charge in [0.05, 0.1) is 0 Å². The maximum Gasteiger partial charge on any atom is 0.163 e. The third-order valence-corrected chi connectivity index (χ3v) is 2.97. The largest absolute Gasteiger partial charge is 0.327 e. The van der Waals surface area contributed by atoms with Crippen LogP contribution in [0, 0.1) is 11.6 Å². The van der Waals surface area contributed by atoms with Gasteiger partial charge in [-0.15, -0.1) is 0 Å². The van der Waals surface area contributed by atoms with E-state index in [0.717, 1.165) is 32.0 Å². The minimum Gasteiger partial charge on any atom is -0.327 e. The molecule has 0 aromatic heterocycles. The van der Waals surface area contributed by atoms with Crippen LogP contribution >= 0.6 is 0 Å². The van der Waals surface area contributed by atoms with Crippen LogP contribution in [0.3, 0.4) is 0 Å². The lowest BCUT2D eigenvalue weighted by Gasteiger charge is -2.30. The Morgan fingerprint density at radius 3 is 2.94 bits per heavy atom. The second-order valence-corrected chi connectivity index (χ2v) is 4.35. The summed E-state index contributed by atoms with van der Waals surface area (Å²) in [5, 5.41) is 0. The maximum atomic E-state index is 13.4. The van der Waals surface area contributed by atoms with Crippen LogP contribution in [0.4, 0.5) is 8.78 Å². The molecule has 88 valence electrons. The Balaban J connectivity index is 2.05. The van der Waals surface area contributed by atoms with Crippen molar-refractivity contribution in [3.8, 4) is 0 Å². The molecule has 0 saturated carbocycles. The highest BCUT2D eigenvalue weighted by Gasteiger charge is 2.18. The fourth-order valence-electron chi connectivity index (χ4n) is 2.15. The highest BCUT2D eigenvalue weighted by atomic mass is 19.2. The highest BCUT2D eigenvalue weighted by Crippen LogP contribution is 2.16. The van der Waals surface area contributed by atoms with Gasteiger partial charge >= 0.3 is 0 Å². The molecule has 4 heteroatoms. The molecular formula is C12H16F2N2. The van der Waals surface area contributed by atoms with Crippen molar-refractivity contribution in [2.24, 2.45) is 5.73 Å². The number of rotatable bonds is 2. The zero-order chi connectivity index (χ0) is 11.5. The third-order valence-electron chi connectivity index (χ3n) is 2.97. The Hall–Kier alpha value is -1.00. The predicted molar refractivity (Wildman–Crippen MR) is 58.8 cm³/mol. The summed E-state index contributed by atoms with van der Waals surface area (Å²) >= 11 is 0. The van der Waals surface area contributed by atoms with Gasteiger partial charge in [0.25, 0.3) is 0 Å². The lowest BCUT2D eigenvalue weighted by Crippen LogP contribution is -2.42. The summed E-state index contributed by atoms with van der Waals surface area (Å²) in [6, 6.07) is 4.46. The van der Waals surface area contributed by atoms with E-state index in [1.807, 2.05) is 0 Å². The Morgan fingerprint density at radius 2 is 2.19 bits per heavy atom. The molecule has 0 spiro atoms. The van der Waals surface area contributed by atoms with E-state index >= 15 is 0 Å². The number of benzene rings is 1. The van der Waals surface area contributed by atoms with Crippen LogP contribution in [0.15, 0.2) is 18.2 Å². The van der Waals surface area contributed by atoms with Crippen LogP contribution in [0.25, 0.3) is 0 Å². The lowest BCUT2D eigenvalue weighted by molar-refractivity contribution is 0.198. The Labute approximate surface area is 94.0 Å². The number of nitrogens with zero attached hydrogens (tertiary/aromatic N) is 1. The van der Waals surface area contributed by atoms with Gasteiger partial charge in [-0.25, -0.2) is 8.78 Å². The molecule has 1 aliphatic rings. The molecule has 1 atom stereocenters. The molecule has 2 nitrogen and oxygen atoms in total. The van der Waals surface area contributed by atoms with Gasteiger partial charge in [0, 0.05) is 24.7 Å². The van der Waals surface area contributed by atoms with Crippen molar-refractivity contribution < 1.29 is 8.78 Å². The molecule has 0 aliphatic carbocycles. The number of hydrogen-bond acceptors (Lipinski definition) is 2. The minimum absolute atomic E-state index is 0.158. The van der Waals surface area contributed by atoms with E-state index in [1.54, 1.807) is 6.07 Å². The quantitative estimate of drug-likeness (QED) is 0.834. The minimum atomic E-state index is -0.779. The van der Waals surface area contributed by atoms with Gasteiger partial charge in [-0.2, -0.15) is 0 Å². The van der Waals surface area contributed by atoms with Crippen LogP contribution in [0.1, 0.15) is 18.4 Å². The fourth-order valence-corrected chi connectivity index (χ4v) is 2.15. The first-order chi connectivity index (χ1) is 7.66. The molecule has 16 heavy (non-hydrogen) atoms. The number of likely N-dealkylation sites (tertiary alicyclic amines) is 1. The predicted octanol–water partition coefficient (Wildman–Crippen LogP) is 1.89. The van der Waals surface area contributed by atoms with Crippen molar-refractivity contribution in [2.75, 3.05) is 13.1 Å². The summed E-state index contributed by atoms with van der Waals surface area (Å²) in [7, 11) is 0. The summed E-state index contributed by atoms with van der Waals surface area (Å²) in [4.78, 5) is 2.08. The number of nitrogens with two attached hydrogens (primary N) is 1. The first kappa shape index (κ1) is 11.5. The molecule has 1 fully saturated rings. The van der Waals surface area contributed by atoms with E-state index < -0.39 is 11.6 Å². The number of piperidine rings is 1. The zero-order valence-electron chi connectivity index (χ0n) is 9.13. The summed E-state index contributed by atoms with van der Waals surface area (Å²) in [6.07, 6.45) is 2.04. The summed E-state index contributed by atoms with van der Waals surface area (Å²) in [5.74, 6) is -1.51. The average Bonchev–Trinajstić information content (AvgIpc) is 2.25. The second-order valence-electron chi connectivity index (χ2n) is 4.35. The smallest absolute Gasteiger partial charge is 0.163 e. The van der Waals surface area contributed by atoms with Gasteiger partial charge in [-0.3, -0.25) is 4.90 Å². The van der Waals surface area contributed by atoms with Gasteiger partial charge in [-0.05, 0) is 25.5 Å². The molecule has 2 N–H and O–H groups in total. The molecular weight excluding hydrogens is 210 g/mol. The molecule has 1 aromatic rings. The third kappa shape index (κ3) is 2.57. The normalized spacial score (nSPS) is 22.3. The van der Waals surface area contributed by atoms with Crippen molar-refractivity contribution in [1.29, 1.82) is 0 Å². The molecule has 1 aromatic carbocycles. The number of halogens is 2. The van der Waals surface area contributed by atoms with Gasteiger partial charge in [0.15, 0.2) is 11.6 Å². The fraction of sp³-hybridized carbons (Fsp3) is 0.500. The van der Waals surface area contributed by atoms with E-state index in [0.29, 0.717) is 12.1 Å². The van der Waals surface area contributed by atoms with E-state index in [2.05, 4.69) is 4.90 Å². The van der Waals surface area contributed by atoms with Crippen molar-refractivity contribution in [2.45, 2.75) is 25.4 Å². The first-order valence-electron chi connectivity index (χ1n) is 5.57. The molecule has 0 unspecified atom stereocenters. The second kappa shape index (κ2) is 4.89. The molecule has 1 saturated heterocycles. The van der Waals surface area contributed by atoms with Crippen LogP contribution in [0.5, 0.6) is 0 Å². The van der Waals surface area contributed by atoms with Crippen molar-refractivity contribution in [3.05, 3.63) is 35.4 Å². The summed E-state index contributed by atoms with van der Waals surface area (Å²) in [5.41, 5.74) is 6.25. The lowest BCUT2D eigenvalue weighted by atomic mass is 10.1. The maximum absolute atomic E-state index is 13.4. The molecule has 0 amide bonds. The monoisotopic (exact) mass is 226 g/mol. The van der Waals surface area contributed by atoms with E-state index in [9.17, 15) is 8.78 Å². The first-order valence-corrected chi connectivity index (χ1v) is 5.57. The molecule has 0 bridgehead atoms. The van der Waals surface area contributed by atoms with Gasteiger partial charge in [0.1, 0.15) is 0 Å². The van der Waals surface area contributed by atoms with Crippen molar-refractivity contribution >= 4 is 0 Å². The highest BCUT2D eigenvalue weighted by molar-refractivity contribution is 5.18. The van der Waals surface area contributed by atoms with Crippen LogP contribution in [-0.4, -0.2) is 24.0 Å². The van der Waals surface area contributed by atoms with Gasteiger partial charge < -0.3 is 5.73 Å². The summed E-state index contributed by atoms with van der Waals surface area (Å²) in [6.45, 7) is 2.11. The van der Waals surface area contributed by atoms with Crippen molar-refractivity contribution in [1.82, 2.24) is 4.90 Å². The topological polar surface area (TPSA) is 29.3 Å². The van der Waals surface area contributed by atoms with Crippen LogP contribution in [0.2, 0.25) is 0 Å². The van der Waals surface area contributed by atoms with Crippen LogP contribution in [-0.2, 0) is 6.54 Å². The molecule has 1 heterocycles. The zero-order valence-corrected chi connectivity index (χ0v) is 9.13. The van der Waals surface area contributed by atoms with Crippen molar-refractivity contribution in [3.63, 3.8) is 0 Å². The van der Waals surface area contributed by atoms with Gasteiger partial charge in [-0.1, -0.05) is 12.1 Å². The van der Waals surface area contributed by atoms with E-state index in [1.165, 1.54) is 6.07 Å². The number of hydrogen-bond donors (Lipinski definition) is 1. The molecule has 2 rings (SSSR count). The standard InChI is InChI=1S/C12H16F2N2/c13-11-5-1-3-9(12(11)14)7-16-6-2-4-10(15)8-16/h1,3,5,10H,2,4,6-8,15H2/t10-/m1/s1. The van der Waals surface area contributed by atoms with Gasteiger partial charge in [0.2, 0.25) is 0 Å². The molecule has 1 aliphatic heterocycles. The van der Waals surface area contributed by atoms with E-state index in [4.69, 9.17) is 5.73 Å². The molecule has 0 radical (unpaired) electrons. The Kier molecular flexibility index (Phi) is 3.51.